The van der Waals surface area contributed by atoms with E-state index in [0.717, 1.165) is 25.7 Å². The number of benzene rings is 1. The summed E-state index contributed by atoms with van der Waals surface area (Å²) in [4.78, 5) is 30.6. The topological polar surface area (TPSA) is 97.5 Å². The number of nitrogens with zero attached hydrogens (tertiary/aromatic N) is 2. The van der Waals surface area contributed by atoms with Crippen LogP contribution in [0.25, 0.3) is 0 Å². The molecule has 0 atom stereocenters. The lowest BCUT2D eigenvalue weighted by molar-refractivity contribution is -0.114. The van der Waals surface area contributed by atoms with Crippen LogP contribution >= 0.6 is 11.6 Å². The van der Waals surface area contributed by atoms with Gasteiger partial charge in [-0.25, -0.2) is 4.98 Å². The van der Waals surface area contributed by atoms with Gasteiger partial charge in [-0.1, -0.05) is 23.7 Å². The van der Waals surface area contributed by atoms with E-state index in [2.05, 4.69) is 16.4 Å². The number of hydrogen-bond acceptors (Lipinski definition) is 5. The van der Waals surface area contributed by atoms with E-state index in [0.29, 0.717) is 36.1 Å². The zero-order valence-electron chi connectivity index (χ0n) is 18.6. The van der Waals surface area contributed by atoms with Crippen LogP contribution in [0, 0.1) is 0 Å². The lowest BCUT2D eigenvalue weighted by Crippen LogP contribution is -2.48. The van der Waals surface area contributed by atoms with Gasteiger partial charge in [0, 0.05) is 49.8 Å². The first-order valence-electron chi connectivity index (χ1n) is 10.9. The summed E-state index contributed by atoms with van der Waals surface area (Å²) < 4.78 is 5.26. The Morgan fingerprint density at radius 2 is 2.03 bits per heavy atom. The number of carbonyl (C=O) groups is 2. The van der Waals surface area contributed by atoms with E-state index in [4.69, 9.17) is 22.1 Å². The van der Waals surface area contributed by atoms with Crippen LogP contribution in [-0.2, 0) is 14.9 Å². The van der Waals surface area contributed by atoms with Crippen molar-refractivity contribution in [3.05, 3.63) is 58.7 Å². The second-order valence-corrected chi connectivity index (χ2v) is 8.77. The smallest absolute Gasteiger partial charge is 0.255 e. The number of ether oxygens (including phenoxy) is 1. The fourth-order valence-corrected chi connectivity index (χ4v) is 4.67. The zero-order valence-corrected chi connectivity index (χ0v) is 19.4. The van der Waals surface area contributed by atoms with Gasteiger partial charge in [-0.2, -0.15) is 0 Å². The summed E-state index contributed by atoms with van der Waals surface area (Å²) >= 11 is 6.23. The summed E-state index contributed by atoms with van der Waals surface area (Å²) in [6.45, 7) is 2.91. The normalized spacial score (nSPS) is 20.6. The van der Waals surface area contributed by atoms with E-state index in [1.165, 1.54) is 18.7 Å². The quantitative estimate of drug-likeness (QED) is 0.629. The van der Waals surface area contributed by atoms with Gasteiger partial charge in [-0.15, -0.1) is 0 Å². The summed E-state index contributed by atoms with van der Waals surface area (Å²) in [5.74, 6) is 0.130. The largest absolute Gasteiger partial charge is 0.383 e. The summed E-state index contributed by atoms with van der Waals surface area (Å²) in [5, 5.41) is 3.33. The van der Waals surface area contributed by atoms with Crippen molar-refractivity contribution in [2.45, 2.75) is 44.1 Å². The standard InChI is InChI=1S/C24H31ClN4O3/c1-17(30)28-22-7-6-18(15-27-22)23(31)29(12-13-32-2)21-8-10-24(16-26,11-9-21)19-4-3-5-20(25)14-19/h3-7,14-15,21H,8-13,16,26H2,1-2H3,(H,27,28,30)/t21-,24-. The number of aromatic nitrogens is 1. The van der Waals surface area contributed by atoms with E-state index in [9.17, 15) is 9.59 Å². The molecular weight excluding hydrogens is 428 g/mol. The monoisotopic (exact) mass is 458 g/mol. The molecule has 8 heteroatoms. The van der Waals surface area contributed by atoms with Crippen LogP contribution in [0.5, 0.6) is 0 Å². The van der Waals surface area contributed by atoms with Gasteiger partial charge in [0.2, 0.25) is 5.91 Å². The third-order valence-electron chi connectivity index (χ3n) is 6.29. The van der Waals surface area contributed by atoms with E-state index < -0.39 is 0 Å². The minimum absolute atomic E-state index is 0.0862. The van der Waals surface area contributed by atoms with Crippen LogP contribution in [-0.4, -0.2) is 54.5 Å². The molecule has 1 aromatic heterocycles. The number of rotatable bonds is 8. The van der Waals surface area contributed by atoms with Gasteiger partial charge in [0.25, 0.3) is 5.91 Å². The van der Waals surface area contributed by atoms with E-state index in [-0.39, 0.29) is 23.3 Å². The Labute approximate surface area is 194 Å². The highest BCUT2D eigenvalue weighted by Gasteiger charge is 2.38. The van der Waals surface area contributed by atoms with Crippen LogP contribution in [0.15, 0.2) is 42.6 Å². The molecule has 1 saturated carbocycles. The van der Waals surface area contributed by atoms with Gasteiger partial charge in [-0.3, -0.25) is 9.59 Å². The van der Waals surface area contributed by atoms with Crippen LogP contribution in [0.2, 0.25) is 5.02 Å². The molecule has 0 saturated heterocycles. The number of nitrogens with two attached hydrogens (primary N) is 1. The molecule has 0 unspecified atom stereocenters. The zero-order chi connectivity index (χ0) is 23.1. The molecule has 1 fully saturated rings. The van der Waals surface area contributed by atoms with Gasteiger partial charge < -0.3 is 20.7 Å². The Kier molecular flexibility index (Phi) is 8.23. The van der Waals surface area contributed by atoms with E-state index in [1.807, 2.05) is 23.1 Å². The number of nitrogens with one attached hydrogen (secondary N) is 1. The van der Waals surface area contributed by atoms with Crippen molar-refractivity contribution in [1.82, 2.24) is 9.88 Å². The second kappa shape index (κ2) is 10.9. The minimum Gasteiger partial charge on any atom is -0.383 e. The molecule has 0 spiro atoms. The SMILES string of the molecule is COCCN(C(=O)c1ccc(NC(C)=O)nc1)[C@H]1CC[C@](CN)(c2cccc(Cl)c2)CC1. The van der Waals surface area contributed by atoms with Gasteiger partial charge in [0.1, 0.15) is 5.82 Å². The molecule has 32 heavy (non-hydrogen) atoms. The molecule has 2 amide bonds. The first-order chi connectivity index (χ1) is 15.4. The van der Waals surface area contributed by atoms with E-state index >= 15 is 0 Å². The van der Waals surface area contributed by atoms with Crippen LogP contribution in [0.1, 0.15) is 48.5 Å². The lowest BCUT2D eigenvalue weighted by Gasteiger charge is -2.43. The number of halogens is 1. The van der Waals surface area contributed by atoms with Crippen molar-refractivity contribution in [1.29, 1.82) is 0 Å². The molecular formula is C24H31ClN4O3. The Balaban J connectivity index is 1.75. The van der Waals surface area contributed by atoms with Crippen molar-refractivity contribution < 1.29 is 14.3 Å². The third kappa shape index (κ3) is 5.65. The number of carbonyl (C=O) groups excluding carboxylic acids is 2. The molecule has 0 radical (unpaired) electrons. The maximum absolute atomic E-state index is 13.3. The molecule has 1 heterocycles. The highest BCUT2D eigenvalue weighted by molar-refractivity contribution is 6.30. The van der Waals surface area contributed by atoms with Crippen molar-refractivity contribution in [3.63, 3.8) is 0 Å². The summed E-state index contributed by atoms with van der Waals surface area (Å²) in [7, 11) is 1.63. The average Bonchev–Trinajstić information content (AvgIpc) is 2.80. The number of hydrogen-bond donors (Lipinski definition) is 2. The van der Waals surface area contributed by atoms with Crippen molar-refractivity contribution in [2.75, 3.05) is 32.1 Å². The van der Waals surface area contributed by atoms with Crippen LogP contribution < -0.4 is 11.1 Å². The van der Waals surface area contributed by atoms with Gasteiger partial charge in [-0.05, 0) is 55.5 Å². The molecule has 7 nitrogen and oxygen atoms in total. The molecule has 1 aromatic carbocycles. The first kappa shape index (κ1) is 24.2. The van der Waals surface area contributed by atoms with Gasteiger partial charge in [0.15, 0.2) is 0 Å². The maximum Gasteiger partial charge on any atom is 0.255 e. The van der Waals surface area contributed by atoms with Gasteiger partial charge in [0.05, 0.1) is 12.2 Å². The average molecular weight is 459 g/mol. The number of pyridine rings is 1. The first-order valence-corrected chi connectivity index (χ1v) is 11.3. The number of methoxy groups -OCH3 is 1. The predicted molar refractivity (Wildman–Crippen MR) is 126 cm³/mol. The summed E-state index contributed by atoms with van der Waals surface area (Å²) in [6, 6.07) is 11.4. The summed E-state index contributed by atoms with van der Waals surface area (Å²) in [6.07, 6.45) is 4.95. The van der Waals surface area contributed by atoms with Crippen LogP contribution in [0.3, 0.4) is 0 Å². The Hall–Kier alpha value is -2.48. The third-order valence-corrected chi connectivity index (χ3v) is 6.53. The molecule has 2 aromatic rings. The Morgan fingerprint density at radius 3 is 2.59 bits per heavy atom. The van der Waals surface area contributed by atoms with Crippen LogP contribution in [0.4, 0.5) is 5.82 Å². The van der Waals surface area contributed by atoms with E-state index in [1.54, 1.807) is 19.2 Å². The maximum atomic E-state index is 13.3. The molecule has 3 rings (SSSR count). The molecule has 1 aliphatic rings. The van der Waals surface area contributed by atoms with Crippen molar-refractivity contribution in [3.8, 4) is 0 Å². The molecule has 1 aliphatic carbocycles. The minimum atomic E-state index is -0.205. The van der Waals surface area contributed by atoms with Gasteiger partial charge >= 0.3 is 0 Å². The number of anilines is 1. The van der Waals surface area contributed by atoms with Crippen molar-refractivity contribution in [2.24, 2.45) is 5.73 Å². The summed E-state index contributed by atoms with van der Waals surface area (Å²) in [5.41, 5.74) is 7.77. The highest BCUT2D eigenvalue weighted by atomic mass is 35.5. The molecule has 3 N–H and O–H groups in total. The fraction of sp³-hybridized carbons (Fsp3) is 0.458. The fourth-order valence-electron chi connectivity index (χ4n) is 4.48. The molecule has 0 bridgehead atoms. The second-order valence-electron chi connectivity index (χ2n) is 8.33. The Bertz CT molecular complexity index is 927. The Morgan fingerprint density at radius 1 is 1.28 bits per heavy atom. The lowest BCUT2D eigenvalue weighted by atomic mass is 9.68. The van der Waals surface area contributed by atoms with Crippen molar-refractivity contribution >= 4 is 29.2 Å². The molecule has 172 valence electrons. The highest BCUT2D eigenvalue weighted by Crippen LogP contribution is 2.41. The number of amides is 2. The molecule has 0 aliphatic heterocycles. The predicted octanol–water partition coefficient (Wildman–Crippen LogP) is 3.62.